The van der Waals surface area contributed by atoms with Crippen LogP contribution in [0.25, 0.3) is 0 Å². The molecule has 0 radical (unpaired) electrons. The molecule has 3 aromatic rings. The Balaban J connectivity index is 1.24. The molecule has 9 rings (SSSR count). The molecule has 6 aliphatic rings. The number of rotatable bonds is 8. The van der Waals surface area contributed by atoms with E-state index >= 15 is 0 Å². The van der Waals surface area contributed by atoms with E-state index in [0.717, 1.165) is 57.6 Å². The Labute approximate surface area is 380 Å². The third kappa shape index (κ3) is 7.24. The molecule has 0 bridgehead atoms. The molecule has 1 aromatic heterocycles. The number of nitrogens with zero attached hydrogens (tertiary/aromatic N) is 3. The van der Waals surface area contributed by atoms with Crippen molar-refractivity contribution in [3.63, 3.8) is 0 Å². The molecule has 14 nitrogen and oxygen atoms in total. The molecular formula is C51H61N7O7. The predicted octanol–water partition coefficient (Wildman–Crippen LogP) is 5.05. The van der Waals surface area contributed by atoms with Crippen LogP contribution in [0.15, 0.2) is 70.2 Å². The van der Waals surface area contributed by atoms with Crippen LogP contribution in [-0.2, 0) is 51.5 Å². The van der Waals surface area contributed by atoms with Gasteiger partial charge >= 0.3 is 0 Å². The van der Waals surface area contributed by atoms with Gasteiger partial charge < -0.3 is 35.5 Å². The molecule has 1 aliphatic carbocycles. The Morgan fingerprint density at radius 3 is 2.18 bits per heavy atom. The normalized spacial score (nSPS) is 22.5. The number of likely N-dealkylation sites (tertiary alicyclic amines) is 1. The number of imide groups is 1. The lowest BCUT2D eigenvalue weighted by molar-refractivity contribution is -0.133. The van der Waals surface area contributed by atoms with Gasteiger partial charge in [-0.2, -0.15) is 0 Å². The van der Waals surface area contributed by atoms with Crippen molar-refractivity contribution in [2.45, 2.75) is 115 Å². The highest BCUT2D eigenvalue weighted by Gasteiger charge is 2.54. The maximum absolute atomic E-state index is 15.0. The van der Waals surface area contributed by atoms with Crippen LogP contribution in [0.4, 0.5) is 11.4 Å². The van der Waals surface area contributed by atoms with Gasteiger partial charge in [0.25, 0.3) is 11.5 Å². The predicted molar refractivity (Wildman–Crippen MR) is 247 cm³/mol. The highest BCUT2D eigenvalue weighted by atomic mass is 16.5. The number of anilines is 2. The quantitative estimate of drug-likeness (QED) is 0.242. The summed E-state index contributed by atoms with van der Waals surface area (Å²) < 4.78 is 5.83. The minimum atomic E-state index is -1.06. The summed E-state index contributed by atoms with van der Waals surface area (Å²) in [6, 6.07) is 14.3. The molecule has 1 atom stereocenters. The number of aryl methyl sites for hydroxylation is 2. The van der Waals surface area contributed by atoms with Crippen molar-refractivity contribution in [1.29, 1.82) is 0 Å². The SMILES string of the molecule is CCN(C1=C(C)C(C(=O)NCc2c(C)cc(C)[nH]c2=O)=CC(c2ccc3c(c2)NC(=O)C32CCN(C(C)=O)CC2)(c2ccc3c(c2)N(C(C)=O)C(=O)C32CCNCC2)C1)C1CCOCC1. The first-order chi connectivity index (χ1) is 31.1. The average molecular weight is 884 g/mol. The summed E-state index contributed by atoms with van der Waals surface area (Å²) in [5.74, 6) is -0.994. The second-order valence-corrected chi connectivity index (χ2v) is 19.1. The Hall–Kier alpha value is -5.86. The Kier molecular flexibility index (Phi) is 11.5. The molecule has 5 amide bonds. The van der Waals surface area contributed by atoms with Gasteiger partial charge in [0.15, 0.2) is 0 Å². The van der Waals surface area contributed by atoms with Gasteiger partial charge in [0.05, 0.1) is 16.5 Å². The fourth-order valence-electron chi connectivity index (χ4n) is 12.0. The fraction of sp³-hybridized carbons (Fsp3) is 0.490. The van der Waals surface area contributed by atoms with Crippen molar-refractivity contribution >= 4 is 40.9 Å². The first-order valence-electron chi connectivity index (χ1n) is 23.3. The molecule has 5 aliphatic heterocycles. The summed E-state index contributed by atoms with van der Waals surface area (Å²) in [5.41, 5.74) is 5.92. The second kappa shape index (κ2) is 16.8. The molecule has 342 valence electrons. The van der Waals surface area contributed by atoms with Gasteiger partial charge in [-0.05, 0) is 131 Å². The van der Waals surface area contributed by atoms with Crippen LogP contribution < -0.4 is 26.4 Å². The van der Waals surface area contributed by atoms with Gasteiger partial charge in [-0.3, -0.25) is 28.8 Å². The van der Waals surface area contributed by atoms with Crippen molar-refractivity contribution in [3.8, 4) is 0 Å². The molecular weight excluding hydrogens is 823 g/mol. The van der Waals surface area contributed by atoms with Crippen LogP contribution >= 0.6 is 0 Å². The number of nitrogens with one attached hydrogen (secondary N) is 4. The summed E-state index contributed by atoms with van der Waals surface area (Å²) in [6.07, 6.45) is 6.24. The van der Waals surface area contributed by atoms with Crippen LogP contribution in [0.3, 0.4) is 0 Å². The number of ether oxygens (including phenoxy) is 1. The molecule has 2 aromatic carbocycles. The van der Waals surface area contributed by atoms with E-state index in [1.54, 1.807) is 11.8 Å². The second-order valence-electron chi connectivity index (χ2n) is 19.1. The number of allylic oxidation sites excluding steroid dienone is 2. The van der Waals surface area contributed by atoms with Crippen LogP contribution in [0, 0.1) is 13.8 Å². The summed E-state index contributed by atoms with van der Waals surface area (Å²) in [4.78, 5) is 91.1. The topological polar surface area (TPSA) is 173 Å². The monoisotopic (exact) mass is 883 g/mol. The van der Waals surface area contributed by atoms with E-state index in [0.29, 0.717) is 101 Å². The number of fused-ring (bicyclic) bond motifs is 4. The van der Waals surface area contributed by atoms with Crippen molar-refractivity contribution in [2.24, 2.45) is 0 Å². The zero-order valence-electron chi connectivity index (χ0n) is 38.5. The summed E-state index contributed by atoms with van der Waals surface area (Å²) >= 11 is 0. The van der Waals surface area contributed by atoms with E-state index < -0.39 is 16.2 Å². The molecule has 3 fully saturated rings. The van der Waals surface area contributed by atoms with Gasteiger partial charge in [-0.15, -0.1) is 0 Å². The zero-order chi connectivity index (χ0) is 46.0. The molecule has 0 saturated carbocycles. The number of piperidine rings is 2. The van der Waals surface area contributed by atoms with Gasteiger partial charge in [-0.1, -0.05) is 30.3 Å². The number of pyridine rings is 1. The fourth-order valence-corrected chi connectivity index (χ4v) is 12.0. The Morgan fingerprint density at radius 1 is 0.862 bits per heavy atom. The maximum atomic E-state index is 15.0. The van der Waals surface area contributed by atoms with E-state index in [9.17, 15) is 28.8 Å². The van der Waals surface area contributed by atoms with Crippen LogP contribution in [0.2, 0.25) is 0 Å². The summed E-state index contributed by atoms with van der Waals surface area (Å²) in [5, 5.41) is 9.74. The van der Waals surface area contributed by atoms with Crippen molar-refractivity contribution in [3.05, 3.63) is 115 Å². The standard InChI is InChI=1S/C51H61N7O7/c1-7-57(37-12-22-65-23-13-37)44-28-51(27-38(32(44)4)45(61)53-29-39-30(2)24-31(3)54-46(39)62,35-8-10-40-42(25-35)55-47(63)49(40)16-20-56(21-17-49)33(5)59)36-9-11-41-43(26-36)58(34(6)60)48(64)50(41)14-18-52-19-15-50/h8-11,24-27,37,52H,7,12-23,28-29H2,1-6H3,(H,53,61)(H,54,62)(H,55,63). The third-order valence-corrected chi connectivity index (χ3v) is 15.6. The lowest BCUT2D eigenvalue weighted by Crippen LogP contribution is -2.48. The van der Waals surface area contributed by atoms with Crippen molar-refractivity contribution in [1.82, 2.24) is 25.4 Å². The van der Waals surface area contributed by atoms with E-state index in [-0.39, 0.29) is 47.7 Å². The summed E-state index contributed by atoms with van der Waals surface area (Å²) in [6.45, 7) is 15.0. The molecule has 4 N–H and O–H groups in total. The van der Waals surface area contributed by atoms with Gasteiger partial charge in [0.2, 0.25) is 23.6 Å². The number of H-pyrrole nitrogens is 1. The third-order valence-electron chi connectivity index (χ3n) is 15.6. The number of hydrogen-bond acceptors (Lipinski definition) is 9. The van der Waals surface area contributed by atoms with Crippen molar-refractivity contribution in [2.75, 3.05) is 56.2 Å². The average Bonchev–Trinajstić information content (AvgIpc) is 3.69. The van der Waals surface area contributed by atoms with Crippen LogP contribution in [0.5, 0.6) is 0 Å². The molecule has 14 heteroatoms. The smallest absolute Gasteiger partial charge is 0.253 e. The highest BCUT2D eigenvalue weighted by Crippen LogP contribution is 2.54. The van der Waals surface area contributed by atoms with Crippen LogP contribution in [-0.4, -0.2) is 96.3 Å². The minimum Gasteiger partial charge on any atom is -0.381 e. The largest absolute Gasteiger partial charge is 0.381 e. The van der Waals surface area contributed by atoms with Crippen molar-refractivity contribution < 1.29 is 28.7 Å². The first-order valence-corrected chi connectivity index (χ1v) is 23.3. The zero-order valence-corrected chi connectivity index (χ0v) is 38.5. The Morgan fingerprint density at radius 2 is 1.54 bits per heavy atom. The lowest BCUT2D eigenvalue weighted by atomic mass is 9.65. The molecule has 1 unspecified atom stereocenters. The first kappa shape index (κ1) is 44.3. The molecule has 2 spiro atoms. The van der Waals surface area contributed by atoms with Crippen LogP contribution in [0.1, 0.15) is 112 Å². The Bertz CT molecular complexity index is 2630. The van der Waals surface area contributed by atoms with E-state index in [1.807, 2.05) is 57.2 Å². The number of carbonyl (C=O) groups is 5. The number of amides is 5. The van der Waals surface area contributed by atoms with Gasteiger partial charge in [-0.25, -0.2) is 4.90 Å². The lowest BCUT2D eigenvalue weighted by Gasteiger charge is -2.45. The van der Waals surface area contributed by atoms with E-state index in [2.05, 4.69) is 44.9 Å². The molecule has 65 heavy (non-hydrogen) atoms. The summed E-state index contributed by atoms with van der Waals surface area (Å²) in [7, 11) is 0. The van der Waals surface area contributed by atoms with E-state index in [4.69, 9.17) is 4.74 Å². The number of hydrogen-bond donors (Lipinski definition) is 4. The maximum Gasteiger partial charge on any atom is 0.253 e. The number of carbonyl (C=O) groups excluding carboxylic acids is 5. The van der Waals surface area contributed by atoms with Gasteiger partial charge in [0.1, 0.15) is 0 Å². The molecule has 6 heterocycles. The number of aromatic amines is 1. The highest BCUT2D eigenvalue weighted by molar-refractivity contribution is 6.22. The minimum absolute atomic E-state index is 0.00742. The van der Waals surface area contributed by atoms with Gasteiger partial charge in [0, 0.05) is 99.3 Å². The molecule has 3 saturated heterocycles. The van der Waals surface area contributed by atoms with E-state index in [1.165, 1.54) is 11.8 Å². The number of benzene rings is 2. The number of aromatic nitrogens is 1.